The molecular weight excluding hydrogens is 166 g/mol. The van der Waals surface area contributed by atoms with Crippen molar-refractivity contribution in [1.29, 1.82) is 0 Å². The third-order valence-electron chi connectivity index (χ3n) is 1.51. The van der Waals surface area contributed by atoms with E-state index in [0.717, 1.165) is 12.4 Å². The SMILES string of the molecule is CC(C)CNc1cc(NN)ncn1. The Morgan fingerprint density at radius 1 is 1.38 bits per heavy atom. The summed E-state index contributed by atoms with van der Waals surface area (Å²) in [5.41, 5.74) is 2.46. The fourth-order valence-corrected chi connectivity index (χ4v) is 0.842. The van der Waals surface area contributed by atoms with E-state index in [1.165, 1.54) is 6.33 Å². The topological polar surface area (TPSA) is 75.9 Å². The van der Waals surface area contributed by atoms with E-state index in [9.17, 15) is 0 Å². The van der Waals surface area contributed by atoms with Gasteiger partial charge in [0.05, 0.1) is 0 Å². The van der Waals surface area contributed by atoms with Crippen molar-refractivity contribution in [1.82, 2.24) is 9.97 Å². The highest BCUT2D eigenvalue weighted by molar-refractivity contribution is 5.45. The Balaban J connectivity index is 2.56. The van der Waals surface area contributed by atoms with Crippen LogP contribution in [0.15, 0.2) is 12.4 Å². The van der Waals surface area contributed by atoms with Gasteiger partial charge in [-0.05, 0) is 5.92 Å². The number of hydrogen-bond acceptors (Lipinski definition) is 5. The molecule has 0 bridgehead atoms. The lowest BCUT2D eigenvalue weighted by atomic mass is 10.2. The van der Waals surface area contributed by atoms with Gasteiger partial charge in [-0.25, -0.2) is 15.8 Å². The molecule has 0 saturated heterocycles. The standard InChI is InChI=1S/C8H15N5/c1-6(2)4-10-7-3-8(13-9)12-5-11-7/h3,5-6H,4,9H2,1-2H3,(H2,10,11,12,13). The first-order valence-electron chi connectivity index (χ1n) is 4.25. The van der Waals surface area contributed by atoms with Crippen molar-refractivity contribution in [3.05, 3.63) is 12.4 Å². The van der Waals surface area contributed by atoms with Crippen LogP contribution in [0, 0.1) is 5.92 Å². The molecule has 0 saturated carbocycles. The summed E-state index contributed by atoms with van der Waals surface area (Å²) in [6.45, 7) is 5.16. The largest absolute Gasteiger partial charge is 0.370 e. The van der Waals surface area contributed by atoms with Crippen LogP contribution in [0.2, 0.25) is 0 Å². The van der Waals surface area contributed by atoms with E-state index in [-0.39, 0.29) is 0 Å². The zero-order valence-electron chi connectivity index (χ0n) is 7.91. The summed E-state index contributed by atoms with van der Waals surface area (Å²) in [6.07, 6.45) is 1.47. The van der Waals surface area contributed by atoms with E-state index in [1.54, 1.807) is 6.07 Å². The van der Waals surface area contributed by atoms with Crippen molar-refractivity contribution in [2.75, 3.05) is 17.3 Å². The number of nitrogen functional groups attached to an aromatic ring is 1. The molecule has 0 aliphatic rings. The minimum atomic E-state index is 0.587. The van der Waals surface area contributed by atoms with E-state index in [2.05, 4.69) is 34.6 Å². The minimum Gasteiger partial charge on any atom is -0.370 e. The van der Waals surface area contributed by atoms with Crippen LogP contribution in [0.4, 0.5) is 11.6 Å². The molecule has 1 heterocycles. The number of nitrogens with one attached hydrogen (secondary N) is 2. The van der Waals surface area contributed by atoms with Crippen LogP contribution in [0.1, 0.15) is 13.8 Å². The van der Waals surface area contributed by atoms with Gasteiger partial charge in [-0.3, -0.25) is 0 Å². The number of nitrogens with zero attached hydrogens (tertiary/aromatic N) is 2. The maximum absolute atomic E-state index is 5.21. The van der Waals surface area contributed by atoms with Crippen molar-refractivity contribution >= 4 is 11.6 Å². The summed E-state index contributed by atoms with van der Waals surface area (Å²) in [7, 11) is 0. The summed E-state index contributed by atoms with van der Waals surface area (Å²) in [4.78, 5) is 7.94. The second kappa shape index (κ2) is 4.61. The van der Waals surface area contributed by atoms with Gasteiger partial charge in [-0.2, -0.15) is 0 Å². The molecule has 0 aromatic carbocycles. The summed E-state index contributed by atoms with van der Waals surface area (Å²) in [6, 6.07) is 1.77. The third kappa shape index (κ3) is 3.25. The second-order valence-corrected chi connectivity index (χ2v) is 3.21. The molecular formula is C8H15N5. The molecule has 0 aliphatic heterocycles. The fourth-order valence-electron chi connectivity index (χ4n) is 0.842. The lowest BCUT2D eigenvalue weighted by molar-refractivity contribution is 0.687. The first-order chi connectivity index (χ1) is 6.22. The summed E-state index contributed by atoms with van der Waals surface area (Å²) in [5, 5.41) is 3.17. The number of hydrogen-bond donors (Lipinski definition) is 3. The Morgan fingerprint density at radius 3 is 2.69 bits per heavy atom. The van der Waals surface area contributed by atoms with E-state index in [4.69, 9.17) is 5.84 Å². The van der Waals surface area contributed by atoms with Crippen LogP contribution in [0.25, 0.3) is 0 Å². The molecule has 72 valence electrons. The Hall–Kier alpha value is -1.36. The molecule has 0 spiro atoms. The summed E-state index contributed by atoms with van der Waals surface area (Å²) >= 11 is 0. The lowest BCUT2D eigenvalue weighted by Crippen LogP contribution is -2.12. The van der Waals surface area contributed by atoms with Crippen LogP contribution < -0.4 is 16.6 Å². The van der Waals surface area contributed by atoms with Crippen molar-refractivity contribution in [2.45, 2.75) is 13.8 Å². The number of nitrogens with two attached hydrogens (primary N) is 1. The molecule has 5 heteroatoms. The first-order valence-corrected chi connectivity index (χ1v) is 4.25. The Morgan fingerprint density at radius 2 is 2.08 bits per heavy atom. The highest BCUT2D eigenvalue weighted by Gasteiger charge is 1.97. The van der Waals surface area contributed by atoms with E-state index >= 15 is 0 Å². The molecule has 0 radical (unpaired) electrons. The molecule has 0 unspecified atom stereocenters. The summed E-state index contributed by atoms with van der Waals surface area (Å²) < 4.78 is 0. The molecule has 4 N–H and O–H groups in total. The smallest absolute Gasteiger partial charge is 0.145 e. The van der Waals surface area contributed by atoms with Gasteiger partial charge in [0.15, 0.2) is 0 Å². The molecule has 1 aromatic rings. The molecule has 0 fully saturated rings. The zero-order valence-corrected chi connectivity index (χ0v) is 7.91. The van der Waals surface area contributed by atoms with Crippen molar-refractivity contribution < 1.29 is 0 Å². The Labute approximate surface area is 77.7 Å². The van der Waals surface area contributed by atoms with E-state index in [0.29, 0.717) is 11.7 Å². The Kier molecular flexibility index (Phi) is 3.45. The third-order valence-corrected chi connectivity index (χ3v) is 1.51. The first kappa shape index (κ1) is 9.73. The quantitative estimate of drug-likeness (QED) is 0.474. The number of aromatic nitrogens is 2. The minimum absolute atomic E-state index is 0.587. The van der Waals surface area contributed by atoms with Crippen LogP contribution >= 0.6 is 0 Å². The van der Waals surface area contributed by atoms with Gasteiger partial charge in [-0.1, -0.05) is 13.8 Å². The maximum atomic E-state index is 5.21. The molecule has 13 heavy (non-hydrogen) atoms. The monoisotopic (exact) mass is 181 g/mol. The van der Waals surface area contributed by atoms with Gasteiger partial charge in [0.1, 0.15) is 18.0 Å². The Bertz CT molecular complexity index is 260. The summed E-state index contributed by atoms with van der Waals surface area (Å²) in [5.74, 6) is 7.19. The van der Waals surface area contributed by atoms with Crippen LogP contribution in [0.5, 0.6) is 0 Å². The normalized spacial score (nSPS) is 10.2. The second-order valence-electron chi connectivity index (χ2n) is 3.21. The zero-order chi connectivity index (χ0) is 9.68. The van der Waals surface area contributed by atoms with Gasteiger partial charge in [0, 0.05) is 12.6 Å². The van der Waals surface area contributed by atoms with Gasteiger partial charge in [0.25, 0.3) is 0 Å². The number of anilines is 2. The van der Waals surface area contributed by atoms with Crippen LogP contribution in [-0.4, -0.2) is 16.5 Å². The molecule has 0 aliphatic carbocycles. The van der Waals surface area contributed by atoms with Crippen molar-refractivity contribution in [2.24, 2.45) is 11.8 Å². The predicted octanol–water partition coefficient (Wildman–Crippen LogP) is 0.830. The van der Waals surface area contributed by atoms with Gasteiger partial charge >= 0.3 is 0 Å². The van der Waals surface area contributed by atoms with Crippen LogP contribution in [0.3, 0.4) is 0 Å². The fraction of sp³-hybridized carbons (Fsp3) is 0.500. The van der Waals surface area contributed by atoms with Gasteiger partial charge in [-0.15, -0.1) is 0 Å². The van der Waals surface area contributed by atoms with Crippen LogP contribution in [-0.2, 0) is 0 Å². The number of hydrazine groups is 1. The highest BCUT2D eigenvalue weighted by atomic mass is 15.3. The number of rotatable bonds is 4. The molecule has 1 aromatic heterocycles. The van der Waals surface area contributed by atoms with E-state index in [1.807, 2.05) is 0 Å². The van der Waals surface area contributed by atoms with Crippen molar-refractivity contribution in [3.8, 4) is 0 Å². The predicted molar refractivity (Wildman–Crippen MR) is 53.2 cm³/mol. The highest BCUT2D eigenvalue weighted by Crippen LogP contribution is 2.07. The molecule has 0 atom stereocenters. The maximum Gasteiger partial charge on any atom is 0.145 e. The van der Waals surface area contributed by atoms with Gasteiger partial charge < -0.3 is 10.7 Å². The molecule has 5 nitrogen and oxygen atoms in total. The molecule has 0 amide bonds. The average molecular weight is 181 g/mol. The van der Waals surface area contributed by atoms with E-state index < -0.39 is 0 Å². The molecule has 1 rings (SSSR count). The van der Waals surface area contributed by atoms with Crippen molar-refractivity contribution in [3.63, 3.8) is 0 Å². The average Bonchev–Trinajstić information content (AvgIpc) is 2.15. The lowest BCUT2D eigenvalue weighted by Gasteiger charge is -2.08. The van der Waals surface area contributed by atoms with Gasteiger partial charge in [0.2, 0.25) is 0 Å².